The second-order valence-electron chi connectivity index (χ2n) is 4.36. The zero-order valence-corrected chi connectivity index (χ0v) is 9.27. The first-order valence-corrected chi connectivity index (χ1v) is 5.32. The summed E-state index contributed by atoms with van der Waals surface area (Å²) < 4.78 is 0. The van der Waals surface area contributed by atoms with Crippen molar-refractivity contribution in [1.29, 1.82) is 0 Å². The van der Waals surface area contributed by atoms with Crippen LogP contribution in [-0.2, 0) is 5.41 Å². The van der Waals surface area contributed by atoms with Crippen LogP contribution in [-0.4, -0.2) is 0 Å². The molecule has 0 saturated carbocycles. The smallest absolute Gasteiger partial charge is 0.0146 e. The standard InChI is InChI=1S/C15H16.H2/c1-15(2,13-9-5-3-6-10-13)14-11-7-4-8-12-14;/h3-12H,1-2H3;1H/i;1+1. The van der Waals surface area contributed by atoms with Gasteiger partial charge in [0.25, 0.3) is 0 Å². The second-order valence-corrected chi connectivity index (χ2v) is 4.36. The highest BCUT2D eigenvalue weighted by Gasteiger charge is 2.21. The van der Waals surface area contributed by atoms with E-state index in [2.05, 4.69) is 74.5 Å². The molecule has 0 spiro atoms. The summed E-state index contributed by atoms with van der Waals surface area (Å²) in [5.74, 6) is 0. The summed E-state index contributed by atoms with van der Waals surface area (Å²) in [7, 11) is 0. The van der Waals surface area contributed by atoms with Gasteiger partial charge in [0, 0.05) is 6.84 Å². The molecule has 0 aliphatic carbocycles. The molecule has 0 nitrogen and oxygen atoms in total. The van der Waals surface area contributed by atoms with Crippen LogP contribution in [0.5, 0.6) is 0 Å². The van der Waals surface area contributed by atoms with Crippen molar-refractivity contribution < 1.29 is 1.43 Å². The van der Waals surface area contributed by atoms with Gasteiger partial charge >= 0.3 is 0 Å². The van der Waals surface area contributed by atoms with E-state index in [0.717, 1.165) is 0 Å². The third kappa shape index (κ3) is 1.94. The number of hydrogen-bond acceptors (Lipinski definition) is 0. The molecule has 0 unspecified atom stereocenters. The molecule has 0 aliphatic heterocycles. The van der Waals surface area contributed by atoms with Crippen molar-refractivity contribution >= 4 is 0 Å². The molecule has 0 atom stereocenters. The van der Waals surface area contributed by atoms with E-state index in [-0.39, 0.29) is 6.84 Å². The van der Waals surface area contributed by atoms with Gasteiger partial charge in [-0.1, -0.05) is 74.5 Å². The molecule has 2 rings (SSSR count). The number of rotatable bonds is 2. The Morgan fingerprint density at radius 2 is 1.00 bits per heavy atom. The lowest BCUT2D eigenvalue weighted by Gasteiger charge is -2.25. The first-order valence-electron chi connectivity index (χ1n) is 5.32. The van der Waals surface area contributed by atoms with E-state index in [1.807, 2.05) is 0 Å². The average Bonchev–Trinajstić information content (AvgIpc) is 2.31. The van der Waals surface area contributed by atoms with Crippen molar-refractivity contribution in [3.05, 3.63) is 71.8 Å². The average molecular weight is 199 g/mol. The van der Waals surface area contributed by atoms with Gasteiger partial charge in [0.15, 0.2) is 0 Å². The van der Waals surface area contributed by atoms with Crippen molar-refractivity contribution in [3.63, 3.8) is 0 Å². The van der Waals surface area contributed by atoms with Crippen LogP contribution in [0.25, 0.3) is 0 Å². The lowest BCUT2D eigenvalue weighted by Crippen LogP contribution is -2.18. The lowest BCUT2D eigenvalue weighted by molar-refractivity contribution is 0.641. The van der Waals surface area contributed by atoms with Crippen molar-refractivity contribution in [2.75, 3.05) is 0 Å². The van der Waals surface area contributed by atoms with Crippen LogP contribution in [0.1, 0.15) is 26.4 Å². The summed E-state index contributed by atoms with van der Waals surface area (Å²) in [5.41, 5.74) is 2.80. The molecule has 78 valence electrons. The van der Waals surface area contributed by atoms with Crippen LogP contribution in [0.4, 0.5) is 0 Å². The first-order chi connectivity index (χ1) is 7.21. The lowest BCUT2D eigenvalue weighted by atomic mass is 9.78. The Bertz CT molecular complexity index is 376. The Labute approximate surface area is 93.1 Å². The predicted molar refractivity (Wildman–Crippen MR) is 67.1 cm³/mol. The summed E-state index contributed by atoms with van der Waals surface area (Å²) in [6.07, 6.45) is 0. The van der Waals surface area contributed by atoms with E-state index in [9.17, 15) is 0 Å². The van der Waals surface area contributed by atoms with Gasteiger partial charge in [0.1, 0.15) is 0 Å². The normalized spacial score (nSPS) is 11.3. The van der Waals surface area contributed by atoms with E-state index in [1.54, 1.807) is 0 Å². The molecule has 0 saturated heterocycles. The molecule has 0 radical (unpaired) electrons. The summed E-state index contributed by atoms with van der Waals surface area (Å²) in [5, 5.41) is 0. The minimum atomic E-state index is 0. The van der Waals surface area contributed by atoms with Gasteiger partial charge in [-0.3, -0.25) is 0 Å². The molecule has 2 aromatic rings. The Morgan fingerprint density at radius 1 is 0.667 bits per heavy atom. The Balaban J connectivity index is 0.00000128. The third-order valence-corrected chi connectivity index (χ3v) is 2.99. The molecule has 0 amide bonds. The number of hydrogen-bond donors (Lipinski definition) is 0. The van der Waals surface area contributed by atoms with Crippen molar-refractivity contribution in [3.8, 4) is 0 Å². The maximum absolute atomic E-state index is 2.26. The molecular weight excluding hydrogens is 180 g/mol. The number of benzene rings is 2. The molecule has 0 aliphatic rings. The van der Waals surface area contributed by atoms with Crippen LogP contribution in [0.2, 0.25) is 0 Å². The van der Waals surface area contributed by atoms with E-state index < -0.39 is 0 Å². The Hall–Kier alpha value is -1.56. The van der Waals surface area contributed by atoms with E-state index in [1.165, 1.54) is 11.1 Å². The van der Waals surface area contributed by atoms with E-state index >= 15 is 0 Å². The van der Waals surface area contributed by atoms with Gasteiger partial charge in [-0.15, -0.1) is 0 Å². The largest absolute Gasteiger partial charge is 0.0622 e. The monoisotopic (exact) mass is 199 g/mol. The van der Waals surface area contributed by atoms with Crippen LogP contribution < -0.4 is 0 Å². The summed E-state index contributed by atoms with van der Waals surface area (Å²) in [4.78, 5) is 0. The molecule has 0 heterocycles. The zero-order chi connectivity index (χ0) is 10.7. The fourth-order valence-corrected chi connectivity index (χ4v) is 1.88. The SMILES string of the molecule is CC(C)(c1ccccc1)c1ccccc1.[2HH]. The van der Waals surface area contributed by atoms with Crippen molar-refractivity contribution in [2.45, 2.75) is 19.3 Å². The van der Waals surface area contributed by atoms with Gasteiger partial charge in [-0.2, -0.15) is 0 Å². The quantitative estimate of drug-likeness (QED) is 0.678. The molecule has 0 heteroatoms. The summed E-state index contributed by atoms with van der Waals surface area (Å²) >= 11 is 0. The molecular formula is C15H18. The van der Waals surface area contributed by atoms with Crippen LogP contribution in [0.15, 0.2) is 60.7 Å². The van der Waals surface area contributed by atoms with Gasteiger partial charge in [0.05, 0.1) is 0 Å². The maximum Gasteiger partial charge on any atom is 0.0146 e. The maximum atomic E-state index is 2.26. The molecule has 15 heavy (non-hydrogen) atoms. The topological polar surface area (TPSA) is 0 Å². The highest BCUT2D eigenvalue weighted by molar-refractivity contribution is 5.36. The highest BCUT2D eigenvalue weighted by atomic mass is 14.2. The zero-order valence-electron chi connectivity index (χ0n) is 9.27. The van der Waals surface area contributed by atoms with Crippen molar-refractivity contribution in [2.24, 2.45) is 0 Å². The van der Waals surface area contributed by atoms with Gasteiger partial charge < -0.3 is 0 Å². The Morgan fingerprint density at radius 3 is 1.33 bits per heavy atom. The fraction of sp³-hybridized carbons (Fsp3) is 0.200. The van der Waals surface area contributed by atoms with Gasteiger partial charge in [-0.25, -0.2) is 0 Å². The third-order valence-electron chi connectivity index (χ3n) is 2.99. The molecule has 2 aromatic carbocycles. The minimum absolute atomic E-state index is 0. The fourth-order valence-electron chi connectivity index (χ4n) is 1.88. The van der Waals surface area contributed by atoms with E-state index in [0.29, 0.717) is 0 Å². The molecule has 0 fully saturated rings. The molecule has 0 N–H and O–H groups in total. The van der Waals surface area contributed by atoms with Crippen LogP contribution in [0, 0.1) is 0 Å². The summed E-state index contributed by atoms with van der Waals surface area (Å²) in [6, 6.07) is 21.3. The van der Waals surface area contributed by atoms with Gasteiger partial charge in [-0.05, 0) is 11.1 Å². The summed E-state index contributed by atoms with van der Waals surface area (Å²) in [6.45, 7) is 4.52. The van der Waals surface area contributed by atoms with Crippen LogP contribution >= 0.6 is 0 Å². The Kier molecular flexibility index (Phi) is 2.59. The van der Waals surface area contributed by atoms with Crippen LogP contribution in [0.3, 0.4) is 0 Å². The minimum Gasteiger partial charge on any atom is -0.0622 e. The second kappa shape index (κ2) is 3.90. The highest BCUT2D eigenvalue weighted by Crippen LogP contribution is 2.30. The first kappa shape index (κ1) is 9.97. The van der Waals surface area contributed by atoms with Gasteiger partial charge in [0.2, 0.25) is 0 Å². The predicted octanol–water partition coefficient (Wildman–Crippen LogP) is 4.26. The van der Waals surface area contributed by atoms with Crippen molar-refractivity contribution in [1.82, 2.24) is 0 Å². The van der Waals surface area contributed by atoms with E-state index in [4.69, 9.17) is 0 Å². The molecule has 0 aromatic heterocycles. The molecule has 0 bridgehead atoms.